The van der Waals surface area contributed by atoms with Gasteiger partial charge in [-0.1, -0.05) is 29.8 Å². The minimum absolute atomic E-state index is 0.129. The second-order valence-corrected chi connectivity index (χ2v) is 7.59. The number of anilines is 1. The van der Waals surface area contributed by atoms with Crippen LogP contribution in [0.2, 0.25) is 0 Å². The van der Waals surface area contributed by atoms with Crippen molar-refractivity contribution in [1.82, 2.24) is 5.32 Å². The molecule has 1 atom stereocenters. The van der Waals surface area contributed by atoms with Crippen LogP contribution in [0.25, 0.3) is 0 Å². The molecule has 0 aliphatic carbocycles. The fourth-order valence-electron chi connectivity index (χ4n) is 2.16. The smallest absolute Gasteiger partial charge is 0.251 e. The minimum Gasteiger partial charge on any atom is -0.340 e. The van der Waals surface area contributed by atoms with E-state index in [-0.39, 0.29) is 11.8 Å². The van der Waals surface area contributed by atoms with Gasteiger partial charge in [0.1, 0.15) is 11.9 Å². The molecular weight excluding hydrogens is 455 g/mol. The molecule has 0 saturated heterocycles. The lowest BCUT2D eigenvalue weighted by atomic mass is 10.0. The predicted molar refractivity (Wildman–Crippen MR) is 103 cm³/mol. The van der Waals surface area contributed by atoms with E-state index < -0.39 is 17.8 Å². The number of halogens is 3. The monoisotopic (exact) mass is 470 g/mol. The molecule has 4 nitrogen and oxygen atoms in total. The average molecular weight is 472 g/mol. The SMILES string of the molecule is CC(C)C(NC(=O)c1ccc(F)cc1)C(=O)Nc1cc(Br)ccc1Br. The van der Waals surface area contributed by atoms with Crippen molar-refractivity contribution in [3.8, 4) is 0 Å². The van der Waals surface area contributed by atoms with Gasteiger partial charge >= 0.3 is 0 Å². The van der Waals surface area contributed by atoms with Crippen molar-refractivity contribution in [3.05, 3.63) is 62.8 Å². The largest absolute Gasteiger partial charge is 0.340 e. The van der Waals surface area contributed by atoms with Crippen LogP contribution in [0.5, 0.6) is 0 Å². The van der Waals surface area contributed by atoms with Crippen LogP contribution in [0.1, 0.15) is 24.2 Å². The van der Waals surface area contributed by atoms with E-state index in [1.54, 1.807) is 12.1 Å². The number of nitrogens with one attached hydrogen (secondary N) is 2. The van der Waals surface area contributed by atoms with Crippen molar-refractivity contribution < 1.29 is 14.0 Å². The van der Waals surface area contributed by atoms with Crippen LogP contribution in [0.4, 0.5) is 10.1 Å². The highest BCUT2D eigenvalue weighted by Crippen LogP contribution is 2.26. The maximum absolute atomic E-state index is 13.0. The number of hydrogen-bond donors (Lipinski definition) is 2. The van der Waals surface area contributed by atoms with Crippen molar-refractivity contribution in [2.75, 3.05) is 5.32 Å². The number of carbonyl (C=O) groups excluding carboxylic acids is 2. The fourth-order valence-corrected chi connectivity index (χ4v) is 2.87. The Hall–Kier alpha value is -1.73. The first kappa shape index (κ1) is 19.6. The number of carbonyl (C=O) groups is 2. The summed E-state index contributed by atoms with van der Waals surface area (Å²) < 4.78 is 14.5. The average Bonchev–Trinajstić information content (AvgIpc) is 2.56. The van der Waals surface area contributed by atoms with Gasteiger partial charge in [0.2, 0.25) is 5.91 Å². The third kappa shape index (κ3) is 5.37. The van der Waals surface area contributed by atoms with Crippen LogP contribution in [0, 0.1) is 11.7 Å². The van der Waals surface area contributed by atoms with E-state index >= 15 is 0 Å². The molecule has 0 aliphatic heterocycles. The Morgan fingerprint density at radius 3 is 2.28 bits per heavy atom. The normalized spacial score (nSPS) is 11.9. The molecule has 0 bridgehead atoms. The van der Waals surface area contributed by atoms with Crippen LogP contribution in [-0.2, 0) is 4.79 Å². The van der Waals surface area contributed by atoms with Gasteiger partial charge in [-0.3, -0.25) is 9.59 Å². The Balaban J connectivity index is 2.14. The van der Waals surface area contributed by atoms with Gasteiger partial charge in [0.05, 0.1) is 5.69 Å². The Labute approximate surface area is 162 Å². The minimum atomic E-state index is -0.733. The Kier molecular flexibility index (Phi) is 6.72. The molecule has 0 aliphatic rings. The van der Waals surface area contributed by atoms with Crippen LogP contribution >= 0.6 is 31.9 Å². The van der Waals surface area contributed by atoms with Crippen molar-refractivity contribution in [1.29, 1.82) is 0 Å². The van der Waals surface area contributed by atoms with Gasteiger partial charge in [-0.05, 0) is 64.3 Å². The van der Waals surface area contributed by atoms with Crippen LogP contribution in [0.15, 0.2) is 51.4 Å². The van der Waals surface area contributed by atoms with E-state index in [0.717, 1.165) is 8.95 Å². The lowest BCUT2D eigenvalue weighted by Crippen LogP contribution is -2.47. The summed E-state index contributed by atoms with van der Waals surface area (Å²) in [5.41, 5.74) is 0.893. The van der Waals surface area contributed by atoms with E-state index in [2.05, 4.69) is 42.5 Å². The summed E-state index contributed by atoms with van der Waals surface area (Å²) in [4.78, 5) is 24.9. The van der Waals surface area contributed by atoms with Gasteiger partial charge in [-0.15, -0.1) is 0 Å². The van der Waals surface area contributed by atoms with Gasteiger partial charge in [-0.25, -0.2) is 4.39 Å². The first-order valence-electron chi connectivity index (χ1n) is 7.60. The van der Waals surface area contributed by atoms with E-state index in [1.807, 2.05) is 19.9 Å². The first-order chi connectivity index (χ1) is 11.8. The van der Waals surface area contributed by atoms with E-state index in [1.165, 1.54) is 24.3 Å². The standard InChI is InChI=1S/C18H17Br2FN2O2/c1-10(2)16(23-17(24)11-3-6-13(21)7-4-11)18(25)22-15-9-12(19)5-8-14(15)20/h3-10,16H,1-2H3,(H,22,25)(H,23,24). The summed E-state index contributed by atoms with van der Waals surface area (Å²) in [6.45, 7) is 3.68. The van der Waals surface area contributed by atoms with Gasteiger partial charge in [0, 0.05) is 14.5 Å². The fraction of sp³-hybridized carbons (Fsp3) is 0.222. The summed E-state index contributed by atoms with van der Waals surface area (Å²) in [5, 5.41) is 5.51. The third-order valence-corrected chi connectivity index (χ3v) is 4.71. The van der Waals surface area contributed by atoms with Gasteiger partial charge in [0.15, 0.2) is 0 Å². The second kappa shape index (κ2) is 8.58. The maximum atomic E-state index is 13.0. The molecule has 0 saturated carbocycles. The summed E-state index contributed by atoms with van der Waals surface area (Å²) in [6.07, 6.45) is 0. The topological polar surface area (TPSA) is 58.2 Å². The molecule has 2 rings (SSSR count). The van der Waals surface area contributed by atoms with Crippen molar-refractivity contribution in [2.45, 2.75) is 19.9 Å². The van der Waals surface area contributed by atoms with Gasteiger partial charge in [-0.2, -0.15) is 0 Å². The zero-order valence-corrected chi connectivity index (χ0v) is 16.8. The first-order valence-corrected chi connectivity index (χ1v) is 9.19. The lowest BCUT2D eigenvalue weighted by molar-refractivity contribution is -0.118. The van der Waals surface area contributed by atoms with Crippen LogP contribution < -0.4 is 10.6 Å². The molecule has 25 heavy (non-hydrogen) atoms. The summed E-state index contributed by atoms with van der Waals surface area (Å²) in [5.74, 6) is -1.31. The van der Waals surface area contributed by atoms with Crippen molar-refractivity contribution in [3.63, 3.8) is 0 Å². The highest BCUT2D eigenvalue weighted by Gasteiger charge is 2.25. The van der Waals surface area contributed by atoms with E-state index in [0.29, 0.717) is 11.3 Å². The maximum Gasteiger partial charge on any atom is 0.251 e. The molecule has 0 aromatic heterocycles. The highest BCUT2D eigenvalue weighted by molar-refractivity contribution is 9.11. The number of benzene rings is 2. The van der Waals surface area contributed by atoms with Crippen LogP contribution in [0.3, 0.4) is 0 Å². The molecule has 132 valence electrons. The summed E-state index contributed by atoms with van der Waals surface area (Å²) >= 11 is 6.74. The molecular formula is C18H17Br2FN2O2. The molecule has 2 aromatic carbocycles. The molecule has 0 radical (unpaired) electrons. The van der Waals surface area contributed by atoms with Crippen molar-refractivity contribution >= 4 is 49.4 Å². The predicted octanol–water partition coefficient (Wildman–Crippen LogP) is 4.74. The third-order valence-electron chi connectivity index (χ3n) is 3.53. The Bertz CT molecular complexity index is 779. The second-order valence-electron chi connectivity index (χ2n) is 5.82. The molecule has 0 fully saturated rings. The molecule has 2 amide bonds. The van der Waals surface area contributed by atoms with Crippen molar-refractivity contribution in [2.24, 2.45) is 5.92 Å². The van der Waals surface area contributed by atoms with E-state index in [4.69, 9.17) is 0 Å². The number of amides is 2. The zero-order chi connectivity index (χ0) is 18.6. The summed E-state index contributed by atoms with van der Waals surface area (Å²) in [7, 11) is 0. The number of rotatable bonds is 5. The van der Waals surface area contributed by atoms with E-state index in [9.17, 15) is 14.0 Å². The lowest BCUT2D eigenvalue weighted by Gasteiger charge is -2.22. The molecule has 0 spiro atoms. The molecule has 2 aromatic rings. The molecule has 7 heteroatoms. The molecule has 1 unspecified atom stereocenters. The van der Waals surface area contributed by atoms with Gasteiger partial charge in [0.25, 0.3) is 5.91 Å². The molecule has 2 N–H and O–H groups in total. The Morgan fingerprint density at radius 2 is 1.68 bits per heavy atom. The summed E-state index contributed by atoms with van der Waals surface area (Å²) in [6, 6.07) is 9.85. The number of hydrogen-bond acceptors (Lipinski definition) is 2. The Morgan fingerprint density at radius 1 is 1.04 bits per heavy atom. The highest BCUT2D eigenvalue weighted by atomic mass is 79.9. The molecule has 0 heterocycles. The quantitative estimate of drug-likeness (QED) is 0.661. The van der Waals surface area contributed by atoms with Gasteiger partial charge < -0.3 is 10.6 Å². The van der Waals surface area contributed by atoms with Crippen LogP contribution in [-0.4, -0.2) is 17.9 Å². The zero-order valence-electron chi connectivity index (χ0n) is 13.6.